The van der Waals surface area contributed by atoms with E-state index in [0.717, 1.165) is 12.5 Å². The van der Waals surface area contributed by atoms with Crippen molar-refractivity contribution in [3.8, 4) is 0 Å². The van der Waals surface area contributed by atoms with Crippen LogP contribution < -0.4 is 11.1 Å². The fraction of sp³-hybridized carbons (Fsp3) is 0.909. The van der Waals surface area contributed by atoms with E-state index in [0.29, 0.717) is 6.04 Å². The Kier molecular flexibility index (Phi) is 4.39. The number of carbonyl (C=O) groups is 1. The van der Waals surface area contributed by atoms with Crippen LogP contribution in [0.4, 0.5) is 0 Å². The highest BCUT2D eigenvalue weighted by atomic mass is 16.1. The summed E-state index contributed by atoms with van der Waals surface area (Å²) in [6.07, 6.45) is 5.22. The number of carbonyl (C=O) groups excluding carboxylic acids is 1. The summed E-state index contributed by atoms with van der Waals surface area (Å²) in [5.74, 6) is 0.480. The number of nitrogens with two attached hydrogens (primary N) is 1. The van der Waals surface area contributed by atoms with Crippen molar-refractivity contribution >= 4 is 5.91 Å². The third kappa shape index (κ3) is 3.29. The van der Waals surface area contributed by atoms with E-state index in [1.54, 1.807) is 0 Å². The minimum Gasteiger partial charge on any atom is -0.369 e. The smallest absolute Gasteiger partial charge is 0.221 e. The summed E-state index contributed by atoms with van der Waals surface area (Å²) >= 11 is 0. The number of amides is 1. The maximum atomic E-state index is 10.8. The van der Waals surface area contributed by atoms with Gasteiger partial charge in [-0.15, -0.1) is 0 Å². The third-order valence-corrected chi connectivity index (χ3v) is 3.28. The lowest BCUT2D eigenvalue weighted by molar-refractivity contribution is -0.121. The summed E-state index contributed by atoms with van der Waals surface area (Å²) in [6, 6.07) is 0.588. The van der Waals surface area contributed by atoms with E-state index < -0.39 is 0 Å². The molecule has 3 heteroatoms. The van der Waals surface area contributed by atoms with Gasteiger partial charge >= 0.3 is 0 Å². The quantitative estimate of drug-likeness (QED) is 0.715. The van der Waals surface area contributed by atoms with E-state index in [9.17, 15) is 4.79 Å². The van der Waals surface area contributed by atoms with Gasteiger partial charge in [-0.25, -0.2) is 0 Å². The largest absolute Gasteiger partial charge is 0.369 e. The van der Waals surface area contributed by atoms with E-state index in [1.807, 2.05) is 6.92 Å². The van der Waals surface area contributed by atoms with Crippen molar-refractivity contribution in [1.82, 2.24) is 5.32 Å². The zero-order valence-electron chi connectivity index (χ0n) is 9.25. The number of rotatable bonds is 4. The van der Waals surface area contributed by atoms with E-state index in [-0.39, 0.29) is 11.8 Å². The first-order valence-corrected chi connectivity index (χ1v) is 5.64. The van der Waals surface area contributed by atoms with E-state index >= 15 is 0 Å². The molecule has 1 fully saturated rings. The predicted molar refractivity (Wildman–Crippen MR) is 57.8 cm³/mol. The lowest BCUT2D eigenvalue weighted by Crippen LogP contribution is -2.41. The van der Waals surface area contributed by atoms with Crippen molar-refractivity contribution in [3.05, 3.63) is 0 Å². The van der Waals surface area contributed by atoms with Gasteiger partial charge in [0.05, 0.1) is 0 Å². The Morgan fingerprint density at radius 2 is 2.14 bits per heavy atom. The SMILES string of the molecule is CC(CNC1CCCCC1C)C(N)=O. The maximum absolute atomic E-state index is 10.8. The van der Waals surface area contributed by atoms with E-state index in [1.165, 1.54) is 25.7 Å². The van der Waals surface area contributed by atoms with Crippen molar-refractivity contribution in [2.75, 3.05) is 6.54 Å². The molecular formula is C11H22N2O. The monoisotopic (exact) mass is 198 g/mol. The van der Waals surface area contributed by atoms with Gasteiger partial charge < -0.3 is 11.1 Å². The average Bonchev–Trinajstić information content (AvgIpc) is 2.16. The summed E-state index contributed by atoms with van der Waals surface area (Å²) < 4.78 is 0. The first-order valence-electron chi connectivity index (χ1n) is 5.64. The second kappa shape index (κ2) is 5.35. The van der Waals surface area contributed by atoms with Crippen LogP contribution in [-0.4, -0.2) is 18.5 Å². The highest BCUT2D eigenvalue weighted by Gasteiger charge is 2.21. The molecule has 0 saturated heterocycles. The van der Waals surface area contributed by atoms with Crippen molar-refractivity contribution in [1.29, 1.82) is 0 Å². The molecular weight excluding hydrogens is 176 g/mol. The molecule has 0 spiro atoms. The van der Waals surface area contributed by atoms with Gasteiger partial charge in [-0.05, 0) is 18.8 Å². The molecule has 0 aliphatic heterocycles. The van der Waals surface area contributed by atoms with Crippen LogP contribution in [0.2, 0.25) is 0 Å². The Bertz CT molecular complexity index is 194. The molecule has 3 N–H and O–H groups in total. The minimum absolute atomic E-state index is 0.0517. The van der Waals surface area contributed by atoms with Crippen LogP contribution in [0.15, 0.2) is 0 Å². The molecule has 1 aliphatic carbocycles. The molecule has 3 unspecified atom stereocenters. The third-order valence-electron chi connectivity index (χ3n) is 3.28. The zero-order valence-corrected chi connectivity index (χ0v) is 9.25. The summed E-state index contributed by atoms with van der Waals surface area (Å²) in [5.41, 5.74) is 5.21. The standard InChI is InChI=1S/C11H22N2O/c1-8-5-3-4-6-10(8)13-7-9(2)11(12)14/h8-10,13H,3-7H2,1-2H3,(H2,12,14). The fourth-order valence-electron chi connectivity index (χ4n) is 2.05. The molecule has 0 radical (unpaired) electrons. The molecule has 0 aromatic carbocycles. The Morgan fingerprint density at radius 1 is 1.50 bits per heavy atom. The van der Waals surface area contributed by atoms with Crippen molar-refractivity contribution in [2.45, 2.75) is 45.6 Å². The predicted octanol–water partition coefficient (Wildman–Crippen LogP) is 1.28. The van der Waals surface area contributed by atoms with Crippen molar-refractivity contribution in [2.24, 2.45) is 17.6 Å². The molecule has 1 rings (SSSR count). The molecule has 0 bridgehead atoms. The molecule has 82 valence electrons. The second-order valence-electron chi connectivity index (χ2n) is 4.58. The van der Waals surface area contributed by atoms with Crippen molar-refractivity contribution in [3.63, 3.8) is 0 Å². The second-order valence-corrected chi connectivity index (χ2v) is 4.58. The molecule has 1 saturated carbocycles. The van der Waals surface area contributed by atoms with Gasteiger partial charge in [0.25, 0.3) is 0 Å². The average molecular weight is 198 g/mol. The molecule has 0 aromatic heterocycles. The fourth-order valence-corrected chi connectivity index (χ4v) is 2.05. The number of nitrogens with one attached hydrogen (secondary N) is 1. The van der Waals surface area contributed by atoms with Crippen molar-refractivity contribution < 1.29 is 4.79 Å². The molecule has 3 atom stereocenters. The van der Waals surface area contributed by atoms with Crippen LogP contribution in [0.5, 0.6) is 0 Å². The topological polar surface area (TPSA) is 55.1 Å². The highest BCUT2D eigenvalue weighted by Crippen LogP contribution is 2.23. The maximum Gasteiger partial charge on any atom is 0.221 e. The number of primary amides is 1. The molecule has 0 aromatic rings. The zero-order chi connectivity index (χ0) is 10.6. The lowest BCUT2D eigenvalue weighted by atomic mass is 9.86. The summed E-state index contributed by atoms with van der Waals surface area (Å²) in [5, 5.41) is 3.45. The number of hydrogen-bond acceptors (Lipinski definition) is 2. The van der Waals surface area contributed by atoms with Crippen LogP contribution in [-0.2, 0) is 4.79 Å². The van der Waals surface area contributed by atoms with Gasteiger partial charge in [-0.3, -0.25) is 4.79 Å². The van der Waals surface area contributed by atoms with Crippen LogP contribution in [0.1, 0.15) is 39.5 Å². The molecule has 0 heterocycles. The minimum atomic E-state index is -0.207. The molecule has 1 aliphatic rings. The van der Waals surface area contributed by atoms with Gasteiger partial charge in [-0.1, -0.05) is 26.7 Å². The summed E-state index contributed by atoms with van der Waals surface area (Å²) in [7, 11) is 0. The van der Waals surface area contributed by atoms with Gasteiger partial charge in [0.1, 0.15) is 0 Å². The van der Waals surface area contributed by atoms with Crippen LogP contribution >= 0.6 is 0 Å². The van der Waals surface area contributed by atoms with Crippen LogP contribution in [0, 0.1) is 11.8 Å². The van der Waals surface area contributed by atoms with Crippen LogP contribution in [0.3, 0.4) is 0 Å². The van der Waals surface area contributed by atoms with Gasteiger partial charge in [0, 0.05) is 18.5 Å². The van der Waals surface area contributed by atoms with Gasteiger partial charge in [-0.2, -0.15) is 0 Å². The van der Waals surface area contributed by atoms with E-state index in [2.05, 4.69) is 12.2 Å². The Morgan fingerprint density at radius 3 is 2.71 bits per heavy atom. The molecule has 1 amide bonds. The Balaban J connectivity index is 2.25. The van der Waals surface area contributed by atoms with Gasteiger partial charge in [0.15, 0.2) is 0 Å². The first-order chi connectivity index (χ1) is 6.61. The first kappa shape index (κ1) is 11.5. The number of hydrogen-bond donors (Lipinski definition) is 2. The Hall–Kier alpha value is -0.570. The van der Waals surface area contributed by atoms with E-state index in [4.69, 9.17) is 5.73 Å². The van der Waals surface area contributed by atoms with Gasteiger partial charge in [0.2, 0.25) is 5.91 Å². The molecule has 3 nitrogen and oxygen atoms in total. The summed E-state index contributed by atoms with van der Waals surface area (Å²) in [4.78, 5) is 10.8. The normalized spacial score (nSPS) is 29.9. The van der Waals surface area contributed by atoms with Crippen LogP contribution in [0.25, 0.3) is 0 Å². The Labute approximate surface area is 86.4 Å². The lowest BCUT2D eigenvalue weighted by Gasteiger charge is -2.30. The summed E-state index contributed by atoms with van der Waals surface area (Å²) in [6.45, 7) is 4.89. The highest BCUT2D eigenvalue weighted by molar-refractivity contribution is 5.76. The molecule has 14 heavy (non-hydrogen) atoms.